The molecule has 7 nitrogen and oxygen atoms in total. The highest BCUT2D eigenvalue weighted by molar-refractivity contribution is 7.89. The number of hydrogen-bond donors (Lipinski definition) is 1. The Labute approximate surface area is 152 Å². The molecule has 25 heavy (non-hydrogen) atoms. The highest BCUT2D eigenvalue weighted by Crippen LogP contribution is 2.20. The maximum Gasteiger partial charge on any atom is 0.303 e. The smallest absolute Gasteiger partial charge is 0.303 e. The van der Waals surface area contributed by atoms with Gasteiger partial charge in [-0.3, -0.25) is 9.59 Å². The number of carboxylic acids is 1. The van der Waals surface area contributed by atoms with Crippen molar-refractivity contribution in [3.05, 3.63) is 29.3 Å². The van der Waals surface area contributed by atoms with E-state index in [2.05, 4.69) is 0 Å². The van der Waals surface area contributed by atoms with E-state index in [1.165, 1.54) is 28.6 Å². The fraction of sp³-hybridized carbons (Fsp3) is 0.500. The van der Waals surface area contributed by atoms with Gasteiger partial charge in [0, 0.05) is 44.0 Å². The second kappa shape index (κ2) is 8.16. The van der Waals surface area contributed by atoms with Crippen LogP contribution in [-0.4, -0.2) is 60.8 Å². The Morgan fingerprint density at radius 1 is 1.12 bits per heavy atom. The Hall–Kier alpha value is -1.64. The third-order valence-electron chi connectivity index (χ3n) is 4.09. The van der Waals surface area contributed by atoms with Gasteiger partial charge in [-0.15, -0.1) is 0 Å². The maximum absolute atomic E-state index is 12.6. The monoisotopic (exact) mass is 388 g/mol. The van der Waals surface area contributed by atoms with Gasteiger partial charge in [-0.05, 0) is 30.2 Å². The van der Waals surface area contributed by atoms with Crippen LogP contribution in [0.3, 0.4) is 0 Å². The molecular formula is C16H21ClN2O5S. The molecule has 0 spiro atoms. The molecule has 1 heterocycles. The third-order valence-corrected chi connectivity index (χ3v) is 6.25. The van der Waals surface area contributed by atoms with E-state index < -0.39 is 16.0 Å². The van der Waals surface area contributed by atoms with Crippen LogP contribution >= 0.6 is 11.6 Å². The fourth-order valence-electron chi connectivity index (χ4n) is 2.73. The topological polar surface area (TPSA) is 95.0 Å². The van der Waals surface area contributed by atoms with Gasteiger partial charge in [0.05, 0.1) is 4.90 Å². The number of rotatable bonds is 6. The van der Waals surface area contributed by atoms with E-state index in [9.17, 15) is 18.0 Å². The quantitative estimate of drug-likeness (QED) is 0.799. The Balaban J connectivity index is 1.93. The van der Waals surface area contributed by atoms with Crippen molar-refractivity contribution in [3.63, 3.8) is 0 Å². The predicted octanol–water partition coefficient (Wildman–Crippen LogP) is 1.67. The van der Waals surface area contributed by atoms with Crippen molar-refractivity contribution in [1.82, 2.24) is 9.21 Å². The standard InChI is InChI=1S/C16H21ClN2O5S/c1-12(11-16(21)22)10-15(20)18-6-8-19(9-7-18)25(23,24)14-4-2-13(17)3-5-14/h2-5,12H,6-11H2,1H3,(H,21,22)/t12-/m1/s1. The van der Waals surface area contributed by atoms with Gasteiger partial charge in [0.2, 0.25) is 15.9 Å². The highest BCUT2D eigenvalue weighted by Gasteiger charge is 2.30. The molecule has 1 amide bonds. The number of sulfonamides is 1. The molecule has 0 saturated carbocycles. The van der Waals surface area contributed by atoms with Gasteiger partial charge < -0.3 is 10.0 Å². The minimum atomic E-state index is -3.61. The number of amides is 1. The molecule has 0 aliphatic carbocycles. The Kier molecular flexibility index (Phi) is 6.42. The first kappa shape index (κ1) is 19.7. The SMILES string of the molecule is C[C@@H](CC(=O)O)CC(=O)N1CCN(S(=O)(=O)c2ccc(Cl)cc2)CC1. The number of nitrogens with zero attached hydrogens (tertiary/aromatic N) is 2. The van der Waals surface area contributed by atoms with Crippen molar-refractivity contribution in [1.29, 1.82) is 0 Å². The number of halogens is 1. The van der Waals surface area contributed by atoms with E-state index in [0.29, 0.717) is 18.1 Å². The zero-order valence-corrected chi connectivity index (χ0v) is 15.5. The van der Waals surface area contributed by atoms with Crippen molar-refractivity contribution < 1.29 is 23.1 Å². The number of piperazine rings is 1. The van der Waals surface area contributed by atoms with Gasteiger partial charge in [0.1, 0.15) is 0 Å². The van der Waals surface area contributed by atoms with E-state index >= 15 is 0 Å². The molecule has 0 radical (unpaired) electrons. The molecule has 1 aromatic rings. The molecule has 0 bridgehead atoms. The lowest BCUT2D eigenvalue weighted by molar-refractivity contribution is -0.138. The summed E-state index contributed by atoms with van der Waals surface area (Å²) >= 11 is 5.79. The van der Waals surface area contributed by atoms with Crippen LogP contribution in [0.5, 0.6) is 0 Å². The van der Waals surface area contributed by atoms with Crippen molar-refractivity contribution in [3.8, 4) is 0 Å². The molecular weight excluding hydrogens is 368 g/mol. The molecule has 1 aromatic carbocycles. The minimum Gasteiger partial charge on any atom is -0.481 e. The van der Waals surface area contributed by atoms with Gasteiger partial charge in [-0.1, -0.05) is 18.5 Å². The molecule has 1 N–H and O–H groups in total. The van der Waals surface area contributed by atoms with Crippen molar-refractivity contribution in [2.45, 2.75) is 24.7 Å². The average Bonchev–Trinajstić information content (AvgIpc) is 2.54. The van der Waals surface area contributed by atoms with Crippen LogP contribution in [0.15, 0.2) is 29.2 Å². The summed E-state index contributed by atoms with van der Waals surface area (Å²) in [7, 11) is -3.61. The molecule has 0 aromatic heterocycles. The second-order valence-corrected chi connectivity index (χ2v) is 8.52. The first-order valence-electron chi connectivity index (χ1n) is 7.95. The number of hydrogen-bond acceptors (Lipinski definition) is 4. The number of carbonyl (C=O) groups is 2. The first-order valence-corrected chi connectivity index (χ1v) is 9.77. The predicted molar refractivity (Wildman–Crippen MR) is 92.8 cm³/mol. The lowest BCUT2D eigenvalue weighted by atomic mass is 10.0. The van der Waals surface area contributed by atoms with Crippen LogP contribution in [-0.2, 0) is 19.6 Å². The zero-order chi connectivity index (χ0) is 18.6. The second-order valence-electron chi connectivity index (χ2n) is 6.15. The van der Waals surface area contributed by atoms with Crippen LogP contribution in [0, 0.1) is 5.92 Å². The molecule has 138 valence electrons. The first-order chi connectivity index (χ1) is 11.7. The average molecular weight is 389 g/mol. The van der Waals surface area contributed by atoms with Gasteiger partial charge in [0.15, 0.2) is 0 Å². The highest BCUT2D eigenvalue weighted by atomic mass is 35.5. The summed E-state index contributed by atoms with van der Waals surface area (Å²) in [5.74, 6) is -1.32. The number of carbonyl (C=O) groups excluding carboxylic acids is 1. The van der Waals surface area contributed by atoms with Crippen molar-refractivity contribution in [2.75, 3.05) is 26.2 Å². The van der Waals surface area contributed by atoms with Crippen LogP contribution in [0.2, 0.25) is 5.02 Å². The molecule has 1 fully saturated rings. The minimum absolute atomic E-state index is 0.0589. The van der Waals surface area contributed by atoms with E-state index in [1.807, 2.05) is 0 Å². The summed E-state index contributed by atoms with van der Waals surface area (Å²) < 4.78 is 26.5. The molecule has 1 saturated heterocycles. The van der Waals surface area contributed by atoms with E-state index in [1.54, 1.807) is 11.8 Å². The van der Waals surface area contributed by atoms with Crippen molar-refractivity contribution >= 4 is 33.5 Å². The Morgan fingerprint density at radius 2 is 1.68 bits per heavy atom. The Morgan fingerprint density at radius 3 is 2.20 bits per heavy atom. The lowest BCUT2D eigenvalue weighted by Crippen LogP contribution is -2.50. The summed E-state index contributed by atoms with van der Waals surface area (Å²) in [5.41, 5.74) is 0. The van der Waals surface area contributed by atoms with E-state index in [-0.39, 0.29) is 42.7 Å². The Bertz CT molecular complexity index is 727. The molecule has 9 heteroatoms. The summed E-state index contributed by atoms with van der Waals surface area (Å²) in [4.78, 5) is 24.6. The van der Waals surface area contributed by atoms with E-state index in [4.69, 9.17) is 16.7 Å². The zero-order valence-electron chi connectivity index (χ0n) is 13.9. The normalized spacial score (nSPS) is 17.3. The molecule has 1 atom stereocenters. The molecule has 0 unspecified atom stereocenters. The van der Waals surface area contributed by atoms with Crippen LogP contribution in [0.4, 0.5) is 0 Å². The summed E-state index contributed by atoms with van der Waals surface area (Å²) in [6.45, 7) is 2.73. The lowest BCUT2D eigenvalue weighted by Gasteiger charge is -2.34. The van der Waals surface area contributed by atoms with Gasteiger partial charge in [-0.25, -0.2) is 8.42 Å². The van der Waals surface area contributed by atoms with Crippen molar-refractivity contribution in [2.24, 2.45) is 5.92 Å². The molecule has 1 aliphatic rings. The van der Waals surface area contributed by atoms with Crippen LogP contribution in [0.25, 0.3) is 0 Å². The van der Waals surface area contributed by atoms with Crippen LogP contribution < -0.4 is 0 Å². The largest absolute Gasteiger partial charge is 0.481 e. The van der Waals surface area contributed by atoms with Crippen LogP contribution in [0.1, 0.15) is 19.8 Å². The summed E-state index contributed by atoms with van der Waals surface area (Å²) in [6, 6.07) is 5.97. The number of aliphatic carboxylic acids is 1. The summed E-state index contributed by atoms with van der Waals surface area (Å²) in [5, 5.41) is 9.21. The number of carboxylic acid groups (broad SMARTS) is 1. The number of benzene rings is 1. The summed E-state index contributed by atoms with van der Waals surface area (Å²) in [6.07, 6.45) is 0.0902. The van der Waals surface area contributed by atoms with Gasteiger partial charge in [0.25, 0.3) is 0 Å². The van der Waals surface area contributed by atoms with Gasteiger partial charge >= 0.3 is 5.97 Å². The molecule has 2 rings (SSSR count). The molecule has 1 aliphatic heterocycles. The third kappa shape index (κ3) is 5.17. The fourth-order valence-corrected chi connectivity index (χ4v) is 4.28. The van der Waals surface area contributed by atoms with Gasteiger partial charge in [-0.2, -0.15) is 4.31 Å². The maximum atomic E-state index is 12.6. The van der Waals surface area contributed by atoms with E-state index in [0.717, 1.165) is 0 Å².